The minimum Gasteiger partial charge on any atom is -0.378 e. The molecular formula is C20H26N2O2S. The normalized spacial score (nSPS) is 25.4. The summed E-state index contributed by atoms with van der Waals surface area (Å²) in [5, 5.41) is 3.35. The standard InChI is InChI=1S/C20H26N2O2S/c21-16-7-10-24-18(12-16)14-5-8-22(9-6-14)20(23)11-15-13-25-19-4-2-1-3-17(15)19/h1-4,13-14,16,18H,5-12,21H2. The maximum Gasteiger partial charge on any atom is 0.227 e. The lowest BCUT2D eigenvalue weighted by Gasteiger charge is -2.38. The van der Waals surface area contributed by atoms with Gasteiger partial charge in [0.05, 0.1) is 12.5 Å². The zero-order chi connectivity index (χ0) is 17.2. The van der Waals surface area contributed by atoms with E-state index in [1.54, 1.807) is 11.3 Å². The maximum atomic E-state index is 12.7. The average molecular weight is 359 g/mol. The minimum atomic E-state index is 0.253. The third-order valence-corrected chi connectivity index (χ3v) is 6.69. The smallest absolute Gasteiger partial charge is 0.227 e. The van der Waals surface area contributed by atoms with Gasteiger partial charge >= 0.3 is 0 Å². The van der Waals surface area contributed by atoms with Crippen LogP contribution in [-0.4, -0.2) is 42.6 Å². The van der Waals surface area contributed by atoms with Gasteiger partial charge in [0.15, 0.2) is 0 Å². The van der Waals surface area contributed by atoms with Crippen LogP contribution >= 0.6 is 11.3 Å². The first-order valence-corrected chi connectivity index (χ1v) is 10.2. The monoisotopic (exact) mass is 358 g/mol. The van der Waals surface area contributed by atoms with E-state index in [4.69, 9.17) is 10.5 Å². The number of likely N-dealkylation sites (tertiary alicyclic amines) is 1. The number of nitrogens with zero attached hydrogens (tertiary/aromatic N) is 1. The van der Waals surface area contributed by atoms with Crippen LogP contribution < -0.4 is 5.73 Å². The van der Waals surface area contributed by atoms with Crippen LogP contribution in [0.5, 0.6) is 0 Å². The third kappa shape index (κ3) is 3.73. The van der Waals surface area contributed by atoms with E-state index >= 15 is 0 Å². The Kier molecular flexibility index (Phi) is 5.06. The largest absolute Gasteiger partial charge is 0.378 e. The fraction of sp³-hybridized carbons (Fsp3) is 0.550. The van der Waals surface area contributed by atoms with Crippen LogP contribution in [0.3, 0.4) is 0 Å². The highest BCUT2D eigenvalue weighted by atomic mass is 32.1. The van der Waals surface area contributed by atoms with Crippen LogP contribution in [0.2, 0.25) is 0 Å². The van der Waals surface area contributed by atoms with Gasteiger partial charge in [-0.05, 0) is 54.0 Å². The fourth-order valence-corrected chi connectivity index (χ4v) is 5.11. The summed E-state index contributed by atoms with van der Waals surface area (Å²) in [6.07, 6.45) is 4.82. The second kappa shape index (κ2) is 7.44. The van der Waals surface area contributed by atoms with Crippen LogP contribution in [0.25, 0.3) is 10.1 Å². The number of hydrogen-bond acceptors (Lipinski definition) is 4. The van der Waals surface area contributed by atoms with Crippen molar-refractivity contribution in [1.29, 1.82) is 0 Å². The summed E-state index contributed by atoms with van der Waals surface area (Å²) in [7, 11) is 0. The number of carbonyl (C=O) groups excluding carboxylic acids is 1. The highest BCUT2D eigenvalue weighted by Gasteiger charge is 2.32. The molecule has 0 spiro atoms. The molecule has 4 rings (SSSR count). The highest BCUT2D eigenvalue weighted by molar-refractivity contribution is 7.17. The molecule has 0 bridgehead atoms. The van der Waals surface area contributed by atoms with Gasteiger partial charge in [-0.15, -0.1) is 11.3 Å². The number of rotatable bonds is 3. The summed E-state index contributed by atoms with van der Waals surface area (Å²) < 4.78 is 7.19. The Balaban J connectivity index is 1.33. The topological polar surface area (TPSA) is 55.6 Å². The lowest BCUT2D eigenvalue weighted by Crippen LogP contribution is -2.45. The predicted octanol–water partition coefficient (Wildman–Crippen LogP) is 3.19. The van der Waals surface area contributed by atoms with Crippen LogP contribution in [0, 0.1) is 5.92 Å². The first-order valence-electron chi connectivity index (χ1n) is 9.31. The molecule has 2 aliphatic rings. The lowest BCUT2D eigenvalue weighted by molar-refractivity contribution is -0.133. The minimum absolute atomic E-state index is 0.253. The van der Waals surface area contributed by atoms with E-state index in [1.807, 2.05) is 11.0 Å². The Hall–Kier alpha value is -1.43. The predicted molar refractivity (Wildman–Crippen MR) is 102 cm³/mol. The van der Waals surface area contributed by atoms with Gasteiger partial charge in [0.25, 0.3) is 0 Å². The van der Waals surface area contributed by atoms with Crippen molar-refractivity contribution in [1.82, 2.24) is 4.90 Å². The van der Waals surface area contributed by atoms with Gasteiger partial charge < -0.3 is 15.4 Å². The Bertz CT molecular complexity index is 736. The van der Waals surface area contributed by atoms with Crippen molar-refractivity contribution in [3.63, 3.8) is 0 Å². The Labute approximate surface area is 152 Å². The van der Waals surface area contributed by atoms with E-state index in [0.717, 1.165) is 50.9 Å². The lowest BCUT2D eigenvalue weighted by atomic mass is 9.86. The van der Waals surface area contributed by atoms with Crippen molar-refractivity contribution in [3.8, 4) is 0 Å². The van der Waals surface area contributed by atoms with Crippen molar-refractivity contribution in [2.24, 2.45) is 11.7 Å². The van der Waals surface area contributed by atoms with Crippen molar-refractivity contribution in [2.45, 2.75) is 44.2 Å². The summed E-state index contributed by atoms with van der Waals surface area (Å²) in [6, 6.07) is 8.61. The quantitative estimate of drug-likeness (QED) is 0.917. The summed E-state index contributed by atoms with van der Waals surface area (Å²) in [5.74, 6) is 0.806. The van der Waals surface area contributed by atoms with E-state index in [1.165, 1.54) is 10.1 Å². The summed E-state index contributed by atoms with van der Waals surface area (Å²) in [6.45, 7) is 2.48. The molecule has 2 aromatic rings. The van der Waals surface area contributed by atoms with Crippen LogP contribution in [-0.2, 0) is 16.0 Å². The number of hydrogen-bond donors (Lipinski definition) is 1. The molecule has 1 aromatic heterocycles. The van der Waals surface area contributed by atoms with Crippen LogP contribution in [0.4, 0.5) is 0 Å². The van der Waals surface area contributed by atoms with Crippen molar-refractivity contribution in [2.75, 3.05) is 19.7 Å². The summed E-state index contributed by atoms with van der Waals surface area (Å²) in [5.41, 5.74) is 7.25. The molecule has 0 radical (unpaired) electrons. The first-order chi connectivity index (χ1) is 12.2. The van der Waals surface area contributed by atoms with Crippen molar-refractivity contribution in [3.05, 3.63) is 35.2 Å². The van der Waals surface area contributed by atoms with Crippen LogP contribution in [0.15, 0.2) is 29.6 Å². The molecule has 1 amide bonds. The molecule has 4 nitrogen and oxygen atoms in total. The molecule has 1 aromatic carbocycles. The number of thiophene rings is 1. The molecule has 25 heavy (non-hydrogen) atoms. The fourth-order valence-electron chi connectivity index (χ4n) is 4.15. The molecule has 0 aliphatic carbocycles. The molecule has 2 saturated heterocycles. The zero-order valence-electron chi connectivity index (χ0n) is 14.5. The van der Waals surface area contributed by atoms with Gasteiger partial charge in [0.2, 0.25) is 5.91 Å². The number of amides is 1. The number of benzene rings is 1. The number of fused-ring (bicyclic) bond motifs is 1. The SMILES string of the molecule is NC1CCOC(C2CCN(C(=O)Cc3csc4ccccc34)CC2)C1. The zero-order valence-corrected chi connectivity index (χ0v) is 15.3. The van der Waals surface area contributed by atoms with Gasteiger partial charge in [0, 0.05) is 30.4 Å². The molecule has 2 atom stereocenters. The van der Waals surface area contributed by atoms with E-state index in [2.05, 4.69) is 23.6 Å². The first kappa shape index (κ1) is 17.0. The van der Waals surface area contributed by atoms with Crippen LogP contribution in [0.1, 0.15) is 31.2 Å². The molecule has 134 valence electrons. The number of piperidine rings is 1. The van der Waals surface area contributed by atoms with Gasteiger partial charge in [-0.2, -0.15) is 0 Å². The molecule has 2 aliphatic heterocycles. The van der Waals surface area contributed by atoms with E-state index in [0.29, 0.717) is 18.4 Å². The van der Waals surface area contributed by atoms with Crippen molar-refractivity contribution < 1.29 is 9.53 Å². The van der Waals surface area contributed by atoms with Crippen molar-refractivity contribution >= 4 is 27.3 Å². The number of nitrogens with two attached hydrogens (primary N) is 1. The average Bonchev–Trinajstić information content (AvgIpc) is 3.05. The summed E-state index contributed by atoms with van der Waals surface area (Å²) >= 11 is 1.72. The Morgan fingerprint density at radius 2 is 2.04 bits per heavy atom. The number of carbonyl (C=O) groups is 1. The van der Waals surface area contributed by atoms with E-state index in [9.17, 15) is 4.79 Å². The molecule has 2 fully saturated rings. The second-order valence-electron chi connectivity index (χ2n) is 7.35. The van der Waals surface area contributed by atoms with Gasteiger partial charge in [-0.1, -0.05) is 18.2 Å². The summed E-state index contributed by atoms with van der Waals surface area (Å²) in [4.78, 5) is 14.8. The van der Waals surface area contributed by atoms with Gasteiger partial charge in [-0.25, -0.2) is 0 Å². The Morgan fingerprint density at radius 3 is 2.84 bits per heavy atom. The molecular weight excluding hydrogens is 332 g/mol. The number of ether oxygens (including phenoxy) is 1. The van der Waals surface area contributed by atoms with Gasteiger partial charge in [-0.3, -0.25) is 4.79 Å². The van der Waals surface area contributed by atoms with E-state index < -0.39 is 0 Å². The Morgan fingerprint density at radius 1 is 1.24 bits per heavy atom. The maximum absolute atomic E-state index is 12.7. The highest BCUT2D eigenvalue weighted by Crippen LogP contribution is 2.30. The third-order valence-electron chi connectivity index (χ3n) is 5.68. The van der Waals surface area contributed by atoms with E-state index in [-0.39, 0.29) is 11.9 Å². The molecule has 0 saturated carbocycles. The molecule has 2 N–H and O–H groups in total. The molecule has 5 heteroatoms. The van der Waals surface area contributed by atoms with Gasteiger partial charge in [0.1, 0.15) is 0 Å². The second-order valence-corrected chi connectivity index (χ2v) is 8.26. The molecule has 3 heterocycles. The molecule has 2 unspecified atom stereocenters.